The first-order valence-electron chi connectivity index (χ1n) is 7.92. The molecule has 0 radical (unpaired) electrons. The summed E-state index contributed by atoms with van der Waals surface area (Å²) in [5, 5.41) is 5.03. The SMILES string of the molecule is O=C(Nc1nc(-c2ccc3c(c2)OCO3)cs1)c1ncoc1-c1ccco1. The van der Waals surface area contributed by atoms with E-state index in [1.54, 1.807) is 12.1 Å². The molecule has 0 saturated carbocycles. The first-order valence-corrected chi connectivity index (χ1v) is 8.80. The van der Waals surface area contributed by atoms with Gasteiger partial charge in [0.1, 0.15) is 0 Å². The molecule has 0 spiro atoms. The molecule has 5 rings (SSSR count). The van der Waals surface area contributed by atoms with Crippen molar-refractivity contribution in [2.24, 2.45) is 0 Å². The van der Waals surface area contributed by atoms with Crippen molar-refractivity contribution in [3.8, 4) is 34.3 Å². The lowest BCUT2D eigenvalue weighted by Gasteiger charge is -2.01. The molecule has 1 amide bonds. The number of aromatic nitrogens is 2. The predicted octanol–water partition coefficient (Wildman–Crippen LogP) is 4.04. The highest BCUT2D eigenvalue weighted by molar-refractivity contribution is 7.14. The average Bonchev–Trinajstić information content (AvgIpc) is 3.47. The van der Waals surface area contributed by atoms with Gasteiger partial charge in [-0.25, -0.2) is 9.97 Å². The van der Waals surface area contributed by atoms with Gasteiger partial charge in [0, 0.05) is 10.9 Å². The van der Waals surface area contributed by atoms with Crippen molar-refractivity contribution in [2.45, 2.75) is 0 Å². The van der Waals surface area contributed by atoms with Gasteiger partial charge < -0.3 is 18.3 Å². The second-order valence-corrected chi connectivity index (χ2v) is 6.43. The molecular formula is C18H11N3O5S. The van der Waals surface area contributed by atoms with Crippen LogP contribution in [-0.4, -0.2) is 22.7 Å². The minimum atomic E-state index is -0.429. The fraction of sp³-hybridized carbons (Fsp3) is 0.0556. The standard InChI is InChI=1S/C18H11N3O5S/c22-17(15-16(24-8-19-15)13-2-1-5-23-13)21-18-20-11(7-27-18)10-3-4-12-14(6-10)26-9-25-12/h1-8H,9H2,(H,20,21,22). The van der Waals surface area contributed by atoms with Crippen molar-refractivity contribution in [2.75, 3.05) is 12.1 Å². The number of amides is 1. The summed E-state index contributed by atoms with van der Waals surface area (Å²) in [7, 11) is 0. The van der Waals surface area contributed by atoms with E-state index in [2.05, 4.69) is 15.3 Å². The predicted molar refractivity (Wildman–Crippen MR) is 95.8 cm³/mol. The summed E-state index contributed by atoms with van der Waals surface area (Å²) in [5.41, 5.74) is 1.72. The smallest absolute Gasteiger partial charge is 0.280 e. The number of ether oxygens (including phenoxy) is 2. The van der Waals surface area contributed by atoms with E-state index in [-0.39, 0.29) is 18.2 Å². The second-order valence-electron chi connectivity index (χ2n) is 5.57. The first kappa shape index (κ1) is 15.6. The maximum atomic E-state index is 12.5. The molecule has 4 aromatic rings. The molecular weight excluding hydrogens is 370 g/mol. The lowest BCUT2D eigenvalue weighted by atomic mass is 10.1. The van der Waals surface area contributed by atoms with Crippen molar-refractivity contribution >= 4 is 22.4 Å². The molecule has 1 N–H and O–H groups in total. The lowest BCUT2D eigenvalue weighted by molar-refractivity contribution is 0.102. The van der Waals surface area contributed by atoms with E-state index < -0.39 is 5.91 Å². The van der Waals surface area contributed by atoms with Gasteiger partial charge in [0.15, 0.2) is 34.5 Å². The zero-order valence-electron chi connectivity index (χ0n) is 13.7. The highest BCUT2D eigenvalue weighted by atomic mass is 32.1. The Kier molecular flexibility index (Phi) is 3.65. The number of rotatable bonds is 4. The molecule has 0 saturated heterocycles. The van der Waals surface area contributed by atoms with Gasteiger partial charge >= 0.3 is 0 Å². The molecule has 27 heavy (non-hydrogen) atoms. The Bertz CT molecular complexity index is 1120. The number of thiazole rings is 1. The Hall–Kier alpha value is -3.59. The van der Waals surface area contributed by atoms with Crippen molar-refractivity contribution in [1.29, 1.82) is 0 Å². The molecule has 8 nitrogen and oxygen atoms in total. The van der Waals surface area contributed by atoms with E-state index in [1.165, 1.54) is 24.0 Å². The van der Waals surface area contributed by atoms with Gasteiger partial charge in [-0.1, -0.05) is 0 Å². The molecule has 0 aliphatic carbocycles. The fourth-order valence-electron chi connectivity index (χ4n) is 2.67. The van der Waals surface area contributed by atoms with E-state index in [0.29, 0.717) is 22.4 Å². The average molecular weight is 381 g/mol. The van der Waals surface area contributed by atoms with Crippen LogP contribution in [0, 0.1) is 0 Å². The summed E-state index contributed by atoms with van der Waals surface area (Å²) >= 11 is 1.31. The van der Waals surface area contributed by atoms with E-state index in [0.717, 1.165) is 11.3 Å². The van der Waals surface area contributed by atoms with Crippen molar-refractivity contribution in [3.05, 3.63) is 54.1 Å². The van der Waals surface area contributed by atoms with E-state index in [4.69, 9.17) is 18.3 Å². The number of fused-ring (bicyclic) bond motifs is 1. The number of furan rings is 1. The van der Waals surface area contributed by atoms with E-state index >= 15 is 0 Å². The molecule has 4 heterocycles. The van der Waals surface area contributed by atoms with Crippen LogP contribution in [0.5, 0.6) is 11.5 Å². The fourth-order valence-corrected chi connectivity index (χ4v) is 3.38. The van der Waals surface area contributed by atoms with Gasteiger partial charge in [0.25, 0.3) is 5.91 Å². The molecule has 134 valence electrons. The number of anilines is 1. The van der Waals surface area contributed by atoms with Gasteiger partial charge in [-0.05, 0) is 30.3 Å². The Morgan fingerprint density at radius 2 is 2.07 bits per heavy atom. The molecule has 1 aromatic carbocycles. The van der Waals surface area contributed by atoms with Gasteiger partial charge in [-0.2, -0.15) is 0 Å². The summed E-state index contributed by atoms with van der Waals surface area (Å²) in [4.78, 5) is 21.0. The summed E-state index contributed by atoms with van der Waals surface area (Å²) in [6, 6.07) is 8.98. The largest absolute Gasteiger partial charge is 0.461 e. The molecule has 0 fully saturated rings. The molecule has 0 atom stereocenters. The van der Waals surface area contributed by atoms with Crippen LogP contribution in [0.25, 0.3) is 22.8 Å². The van der Waals surface area contributed by atoms with Crippen LogP contribution in [0.1, 0.15) is 10.5 Å². The summed E-state index contributed by atoms with van der Waals surface area (Å²) in [6.07, 6.45) is 2.70. The lowest BCUT2D eigenvalue weighted by Crippen LogP contribution is -2.13. The van der Waals surface area contributed by atoms with Gasteiger partial charge in [-0.15, -0.1) is 11.3 Å². The zero-order valence-corrected chi connectivity index (χ0v) is 14.5. The monoisotopic (exact) mass is 381 g/mol. The van der Waals surface area contributed by atoms with E-state index in [1.807, 2.05) is 23.6 Å². The molecule has 9 heteroatoms. The Balaban J connectivity index is 1.37. The van der Waals surface area contributed by atoms with E-state index in [9.17, 15) is 4.79 Å². The molecule has 1 aliphatic rings. The number of carbonyl (C=O) groups excluding carboxylic acids is 1. The van der Waals surface area contributed by atoms with Crippen molar-refractivity contribution < 1.29 is 23.1 Å². The summed E-state index contributed by atoms with van der Waals surface area (Å²) in [5.74, 6) is 1.65. The minimum Gasteiger partial charge on any atom is -0.461 e. The number of benzene rings is 1. The second kappa shape index (κ2) is 6.29. The van der Waals surface area contributed by atoms with Gasteiger partial charge in [-0.3, -0.25) is 10.1 Å². The number of oxazole rings is 1. The van der Waals surface area contributed by atoms with Crippen LogP contribution in [-0.2, 0) is 0 Å². The first-order chi connectivity index (χ1) is 13.3. The van der Waals surface area contributed by atoms with Crippen LogP contribution in [0.4, 0.5) is 5.13 Å². The minimum absolute atomic E-state index is 0.129. The molecule has 0 bridgehead atoms. The highest BCUT2D eigenvalue weighted by Crippen LogP contribution is 2.36. The normalized spacial score (nSPS) is 12.3. The highest BCUT2D eigenvalue weighted by Gasteiger charge is 2.21. The Morgan fingerprint density at radius 3 is 2.96 bits per heavy atom. The van der Waals surface area contributed by atoms with Crippen LogP contribution >= 0.6 is 11.3 Å². The van der Waals surface area contributed by atoms with Crippen molar-refractivity contribution in [1.82, 2.24) is 9.97 Å². The molecule has 1 aliphatic heterocycles. The summed E-state index contributed by atoms with van der Waals surface area (Å²) in [6.45, 7) is 0.215. The Labute approximate surface area is 156 Å². The van der Waals surface area contributed by atoms with Gasteiger partial charge in [0.05, 0.1) is 12.0 Å². The number of nitrogens with zero attached hydrogens (tertiary/aromatic N) is 2. The third-order valence-electron chi connectivity index (χ3n) is 3.92. The number of carbonyl (C=O) groups is 1. The van der Waals surface area contributed by atoms with Crippen LogP contribution in [0.3, 0.4) is 0 Å². The van der Waals surface area contributed by atoms with Crippen LogP contribution in [0.15, 0.2) is 57.2 Å². The quantitative estimate of drug-likeness (QED) is 0.569. The maximum absolute atomic E-state index is 12.5. The molecule has 3 aromatic heterocycles. The van der Waals surface area contributed by atoms with Crippen molar-refractivity contribution in [3.63, 3.8) is 0 Å². The number of nitrogens with one attached hydrogen (secondary N) is 1. The summed E-state index contributed by atoms with van der Waals surface area (Å²) < 4.78 is 21.2. The van der Waals surface area contributed by atoms with Crippen LogP contribution in [0.2, 0.25) is 0 Å². The molecule has 0 unspecified atom stereocenters. The number of hydrogen-bond acceptors (Lipinski definition) is 8. The third-order valence-corrected chi connectivity index (χ3v) is 4.68. The Morgan fingerprint density at radius 1 is 1.15 bits per heavy atom. The third kappa shape index (κ3) is 2.83. The van der Waals surface area contributed by atoms with Crippen LogP contribution < -0.4 is 14.8 Å². The van der Waals surface area contributed by atoms with Gasteiger partial charge in [0.2, 0.25) is 12.6 Å². The zero-order chi connectivity index (χ0) is 18.2. The maximum Gasteiger partial charge on any atom is 0.280 e. The topological polar surface area (TPSA) is 99.6 Å². The number of hydrogen-bond donors (Lipinski definition) is 1.